The minimum atomic E-state index is -3.98. The van der Waals surface area contributed by atoms with E-state index in [1.54, 1.807) is 30.3 Å². The average Bonchev–Trinajstić information content (AvgIpc) is 2.81. The van der Waals surface area contributed by atoms with Gasteiger partial charge in [-0.05, 0) is 65.9 Å². The molecule has 3 aromatic rings. The van der Waals surface area contributed by atoms with Crippen molar-refractivity contribution in [3.63, 3.8) is 0 Å². The highest BCUT2D eigenvalue weighted by atomic mass is 79.9. The zero-order valence-corrected chi connectivity index (χ0v) is 22.7. The van der Waals surface area contributed by atoms with Crippen LogP contribution in [0.4, 0.5) is 5.69 Å². The van der Waals surface area contributed by atoms with Gasteiger partial charge >= 0.3 is 0 Å². The molecule has 0 fully saturated rings. The minimum Gasteiger partial charge on any atom is -0.324 e. The molecule has 3 aromatic carbocycles. The van der Waals surface area contributed by atoms with Crippen molar-refractivity contribution in [1.29, 1.82) is 0 Å². The number of amides is 1. The molecule has 0 saturated heterocycles. The number of hydrogen-bond donors (Lipinski definition) is 1. The van der Waals surface area contributed by atoms with Gasteiger partial charge in [0.1, 0.15) is 0 Å². The Bertz CT molecular complexity index is 1260. The number of halogens is 3. The number of aryl methyl sites for hydroxylation is 2. The standard InChI is InChI=1S/C25H25BrCl2N2O3S/c1-3-18-6-5-7-19(4-2)25(18)29-24(31)16-30(15-17-8-13-22(27)23(28)14-17)34(32,33)21-11-9-20(26)10-12-21/h5-14H,3-4,15-16H2,1-2H3,(H,29,31). The molecule has 180 valence electrons. The lowest BCUT2D eigenvalue weighted by atomic mass is 10.0. The number of carbonyl (C=O) groups is 1. The van der Waals surface area contributed by atoms with Crippen LogP contribution in [-0.2, 0) is 34.2 Å². The third-order valence-electron chi connectivity index (χ3n) is 5.38. The molecule has 0 radical (unpaired) electrons. The van der Waals surface area contributed by atoms with Crippen molar-refractivity contribution in [3.8, 4) is 0 Å². The molecular formula is C25H25BrCl2N2O3S. The second-order valence-electron chi connectivity index (χ2n) is 7.68. The second-order valence-corrected chi connectivity index (χ2v) is 11.4. The predicted molar refractivity (Wildman–Crippen MR) is 142 cm³/mol. The molecule has 0 aliphatic carbocycles. The third kappa shape index (κ3) is 6.40. The monoisotopic (exact) mass is 582 g/mol. The van der Waals surface area contributed by atoms with Gasteiger partial charge in [0.2, 0.25) is 15.9 Å². The highest BCUT2D eigenvalue weighted by molar-refractivity contribution is 9.10. The van der Waals surface area contributed by atoms with Gasteiger partial charge in [-0.3, -0.25) is 4.79 Å². The SMILES string of the molecule is CCc1cccc(CC)c1NC(=O)CN(Cc1ccc(Cl)c(Cl)c1)S(=O)(=O)c1ccc(Br)cc1. The zero-order valence-electron chi connectivity index (χ0n) is 18.8. The predicted octanol–water partition coefficient (Wildman–Crippen LogP) is 6.71. The van der Waals surface area contributed by atoms with Crippen LogP contribution < -0.4 is 5.32 Å². The molecule has 5 nitrogen and oxygen atoms in total. The van der Waals surface area contributed by atoms with Crippen molar-refractivity contribution in [3.05, 3.63) is 91.9 Å². The number of hydrogen-bond acceptors (Lipinski definition) is 3. The molecule has 0 heterocycles. The average molecular weight is 584 g/mol. The van der Waals surface area contributed by atoms with Crippen LogP contribution in [0, 0.1) is 0 Å². The molecule has 0 aromatic heterocycles. The summed E-state index contributed by atoms with van der Waals surface area (Å²) in [5.74, 6) is -0.420. The summed E-state index contributed by atoms with van der Waals surface area (Å²) in [4.78, 5) is 13.2. The van der Waals surface area contributed by atoms with E-state index in [4.69, 9.17) is 23.2 Å². The van der Waals surface area contributed by atoms with Gasteiger partial charge in [-0.15, -0.1) is 0 Å². The Morgan fingerprint density at radius 2 is 1.56 bits per heavy atom. The van der Waals surface area contributed by atoms with E-state index in [9.17, 15) is 13.2 Å². The van der Waals surface area contributed by atoms with E-state index in [0.717, 1.165) is 38.4 Å². The summed E-state index contributed by atoms with van der Waals surface area (Å²) in [5, 5.41) is 3.63. The molecular weight excluding hydrogens is 559 g/mol. The Hall–Kier alpha value is -1.90. The lowest BCUT2D eigenvalue weighted by molar-refractivity contribution is -0.116. The summed E-state index contributed by atoms with van der Waals surface area (Å²) >= 11 is 15.5. The van der Waals surface area contributed by atoms with Crippen molar-refractivity contribution in [2.45, 2.75) is 38.1 Å². The van der Waals surface area contributed by atoms with Crippen molar-refractivity contribution in [2.24, 2.45) is 0 Å². The van der Waals surface area contributed by atoms with Crippen molar-refractivity contribution in [1.82, 2.24) is 4.31 Å². The van der Waals surface area contributed by atoms with Crippen LogP contribution in [0.1, 0.15) is 30.5 Å². The van der Waals surface area contributed by atoms with Crippen molar-refractivity contribution >= 4 is 60.7 Å². The first kappa shape index (κ1) is 26.7. The molecule has 0 saturated carbocycles. The third-order valence-corrected chi connectivity index (χ3v) is 8.45. The van der Waals surface area contributed by atoms with Gasteiger partial charge in [0, 0.05) is 16.7 Å². The molecule has 3 rings (SSSR count). The fraction of sp³-hybridized carbons (Fsp3) is 0.240. The summed E-state index contributed by atoms with van der Waals surface area (Å²) in [6.07, 6.45) is 1.49. The Morgan fingerprint density at radius 1 is 0.941 bits per heavy atom. The first-order valence-corrected chi connectivity index (χ1v) is 13.7. The van der Waals surface area contributed by atoms with E-state index in [1.165, 1.54) is 12.1 Å². The van der Waals surface area contributed by atoms with Crippen LogP contribution in [0.2, 0.25) is 10.0 Å². The molecule has 9 heteroatoms. The van der Waals surface area contributed by atoms with Gasteiger partial charge in [-0.2, -0.15) is 4.31 Å². The molecule has 0 aliphatic rings. The summed E-state index contributed by atoms with van der Waals surface area (Å²) in [6.45, 7) is 3.62. The summed E-state index contributed by atoms with van der Waals surface area (Å²) in [5.41, 5.74) is 3.36. The number of anilines is 1. The van der Waals surface area contributed by atoms with Crippen LogP contribution >= 0.6 is 39.1 Å². The van der Waals surface area contributed by atoms with Crippen molar-refractivity contribution < 1.29 is 13.2 Å². The first-order valence-electron chi connectivity index (χ1n) is 10.8. The minimum absolute atomic E-state index is 0.0429. The van der Waals surface area contributed by atoms with E-state index >= 15 is 0 Å². The molecule has 0 spiro atoms. The highest BCUT2D eigenvalue weighted by Gasteiger charge is 2.27. The molecule has 0 bridgehead atoms. The zero-order chi connectivity index (χ0) is 24.9. The van der Waals surface area contributed by atoms with Crippen LogP contribution in [0.25, 0.3) is 0 Å². The maximum absolute atomic E-state index is 13.5. The van der Waals surface area contributed by atoms with E-state index in [-0.39, 0.29) is 18.0 Å². The Labute approximate surface area is 219 Å². The maximum Gasteiger partial charge on any atom is 0.243 e. The number of sulfonamides is 1. The van der Waals surface area contributed by atoms with Crippen LogP contribution in [0.3, 0.4) is 0 Å². The molecule has 1 amide bonds. The second kappa shape index (κ2) is 11.7. The summed E-state index contributed by atoms with van der Waals surface area (Å²) in [6, 6.07) is 17.1. The van der Waals surface area contributed by atoms with Gasteiger partial charge < -0.3 is 5.32 Å². The normalized spacial score (nSPS) is 11.6. The molecule has 0 unspecified atom stereocenters. The Morgan fingerprint density at radius 3 is 2.12 bits per heavy atom. The smallest absolute Gasteiger partial charge is 0.243 e. The molecule has 1 N–H and O–H groups in total. The van der Waals surface area contributed by atoms with Crippen LogP contribution in [0.5, 0.6) is 0 Å². The number of benzene rings is 3. The van der Waals surface area contributed by atoms with Crippen molar-refractivity contribution in [2.75, 3.05) is 11.9 Å². The topological polar surface area (TPSA) is 66.5 Å². The van der Waals surface area contributed by atoms with Gasteiger partial charge in [-0.25, -0.2) is 8.42 Å². The molecule has 34 heavy (non-hydrogen) atoms. The van der Waals surface area contributed by atoms with E-state index in [1.807, 2.05) is 32.0 Å². The maximum atomic E-state index is 13.5. The number of rotatable bonds is 9. The number of nitrogens with one attached hydrogen (secondary N) is 1. The number of para-hydroxylation sites is 1. The Balaban J connectivity index is 1.94. The van der Waals surface area contributed by atoms with Gasteiger partial charge in [0.05, 0.1) is 21.5 Å². The highest BCUT2D eigenvalue weighted by Crippen LogP contribution is 2.27. The molecule has 0 atom stereocenters. The van der Waals surface area contributed by atoms with Crippen LogP contribution in [-0.4, -0.2) is 25.2 Å². The van der Waals surface area contributed by atoms with E-state index < -0.39 is 15.9 Å². The number of nitrogens with zero attached hydrogens (tertiary/aromatic N) is 1. The first-order chi connectivity index (χ1) is 16.1. The fourth-order valence-electron chi connectivity index (χ4n) is 3.57. The summed E-state index contributed by atoms with van der Waals surface area (Å²) < 4.78 is 28.9. The van der Waals surface area contributed by atoms with Gasteiger partial charge in [0.15, 0.2) is 0 Å². The quantitative estimate of drug-likeness (QED) is 0.304. The van der Waals surface area contributed by atoms with E-state index in [0.29, 0.717) is 15.6 Å². The summed E-state index contributed by atoms with van der Waals surface area (Å²) in [7, 11) is -3.98. The van der Waals surface area contributed by atoms with Gasteiger partial charge in [0.25, 0.3) is 0 Å². The van der Waals surface area contributed by atoms with E-state index in [2.05, 4.69) is 21.2 Å². The van der Waals surface area contributed by atoms with Gasteiger partial charge in [-0.1, -0.05) is 77.2 Å². The number of carbonyl (C=O) groups excluding carboxylic acids is 1. The lowest BCUT2D eigenvalue weighted by Crippen LogP contribution is -2.37. The lowest BCUT2D eigenvalue weighted by Gasteiger charge is -2.23. The fourth-order valence-corrected chi connectivity index (χ4v) is 5.53. The molecule has 0 aliphatic heterocycles. The largest absolute Gasteiger partial charge is 0.324 e. The van der Waals surface area contributed by atoms with Crippen LogP contribution in [0.15, 0.2) is 70.0 Å². The Kier molecular flexibility index (Phi) is 9.18.